The van der Waals surface area contributed by atoms with E-state index in [9.17, 15) is 4.79 Å². The van der Waals surface area contributed by atoms with Gasteiger partial charge in [-0.25, -0.2) is 0 Å². The third kappa shape index (κ3) is 4.98. The summed E-state index contributed by atoms with van der Waals surface area (Å²) in [4.78, 5) is 12.4. The van der Waals surface area contributed by atoms with Crippen molar-refractivity contribution >= 4 is 23.2 Å². The molecule has 3 N–H and O–H groups in total. The minimum Gasteiger partial charge on any atom is -0.497 e. The zero-order valence-electron chi connectivity index (χ0n) is 14.3. The van der Waals surface area contributed by atoms with Gasteiger partial charge in [-0.3, -0.25) is 4.79 Å². The number of nitrogens with one attached hydrogen (secondary N) is 1. The lowest BCUT2D eigenvalue weighted by Gasteiger charge is -2.19. The van der Waals surface area contributed by atoms with Crippen molar-refractivity contribution in [3.05, 3.63) is 59.1 Å². The summed E-state index contributed by atoms with van der Waals surface area (Å²) in [6, 6.07) is 15.2. The molecular weight excluding hydrogens is 324 g/mol. The zero-order chi connectivity index (χ0) is 17.5. The van der Waals surface area contributed by atoms with Gasteiger partial charge < -0.3 is 15.4 Å². The Morgan fingerprint density at radius 1 is 1.25 bits per heavy atom. The molecule has 0 heterocycles. The van der Waals surface area contributed by atoms with Gasteiger partial charge in [0.15, 0.2) is 6.04 Å². The van der Waals surface area contributed by atoms with Crippen LogP contribution >= 0.6 is 11.6 Å². The number of hydrogen-bond acceptors (Lipinski definition) is 2. The lowest BCUT2D eigenvalue weighted by atomic mass is 10.0. The second kappa shape index (κ2) is 8.71. The predicted octanol–water partition coefficient (Wildman–Crippen LogP) is 3.39. The van der Waals surface area contributed by atoms with Gasteiger partial charge in [0.2, 0.25) is 0 Å². The molecule has 2 rings (SSSR count). The third-order valence-electron chi connectivity index (χ3n) is 4.01. The van der Waals surface area contributed by atoms with E-state index in [2.05, 4.69) is 17.6 Å². The molecule has 0 aliphatic heterocycles. The van der Waals surface area contributed by atoms with Gasteiger partial charge in [0.1, 0.15) is 11.8 Å². The Morgan fingerprint density at radius 3 is 2.54 bits per heavy atom. The smallest absolute Gasteiger partial charge is 0.282 e. The molecule has 2 atom stereocenters. The highest BCUT2D eigenvalue weighted by atomic mass is 35.5. The van der Waals surface area contributed by atoms with E-state index in [4.69, 9.17) is 16.3 Å². The lowest BCUT2D eigenvalue weighted by Crippen LogP contribution is -2.92. The summed E-state index contributed by atoms with van der Waals surface area (Å²) < 4.78 is 5.19. The van der Waals surface area contributed by atoms with Crippen LogP contribution in [0.15, 0.2) is 48.5 Å². The van der Waals surface area contributed by atoms with Gasteiger partial charge in [-0.1, -0.05) is 24.6 Å². The van der Waals surface area contributed by atoms with Gasteiger partial charge in [-0.2, -0.15) is 0 Å². The first-order valence-electron chi connectivity index (χ1n) is 8.08. The van der Waals surface area contributed by atoms with E-state index in [-0.39, 0.29) is 18.0 Å². The largest absolute Gasteiger partial charge is 0.497 e. The molecule has 0 aliphatic carbocycles. The average molecular weight is 348 g/mol. The molecule has 1 amide bonds. The van der Waals surface area contributed by atoms with Gasteiger partial charge in [-0.05, 0) is 49.4 Å². The Balaban J connectivity index is 1.99. The van der Waals surface area contributed by atoms with E-state index in [0.29, 0.717) is 10.7 Å². The number of hydrogen-bond donors (Lipinski definition) is 2. The number of nitrogens with two attached hydrogens (primary N) is 1. The summed E-state index contributed by atoms with van der Waals surface area (Å²) in [6.45, 7) is 4.03. The zero-order valence-corrected chi connectivity index (χ0v) is 15.0. The Labute approximate surface area is 148 Å². The number of benzene rings is 2. The molecule has 128 valence electrons. The molecular formula is C19H24ClN2O2+. The van der Waals surface area contributed by atoms with Crippen LogP contribution in [0.25, 0.3) is 0 Å². The van der Waals surface area contributed by atoms with Crippen LogP contribution in [0.4, 0.5) is 5.69 Å². The average Bonchev–Trinajstić information content (AvgIpc) is 2.59. The first kappa shape index (κ1) is 18.3. The normalized spacial score (nSPS) is 13.2. The maximum Gasteiger partial charge on any atom is 0.282 e. The van der Waals surface area contributed by atoms with Crippen LogP contribution in [0.1, 0.15) is 31.9 Å². The molecule has 0 spiro atoms. The molecule has 4 nitrogen and oxygen atoms in total. The molecule has 0 saturated heterocycles. The number of ether oxygens (including phenoxy) is 1. The topological polar surface area (TPSA) is 54.9 Å². The standard InChI is InChI=1S/C19H23ClN2O2/c1-4-18(14-8-10-17(24-3)11-9-14)21-13(2)19(23)22-16-7-5-6-15(20)12-16/h5-13,18,21H,4H2,1-3H3,(H,22,23)/p+1/t13-,18+/m0/s1. The Morgan fingerprint density at radius 2 is 1.96 bits per heavy atom. The van der Waals surface area contributed by atoms with Crippen LogP contribution in [0, 0.1) is 0 Å². The Bertz CT molecular complexity index is 673. The van der Waals surface area contributed by atoms with Crippen molar-refractivity contribution in [3.63, 3.8) is 0 Å². The van der Waals surface area contributed by atoms with Crippen LogP contribution in [-0.4, -0.2) is 19.1 Å². The minimum atomic E-state index is -0.212. The maximum absolute atomic E-state index is 12.4. The van der Waals surface area contributed by atoms with E-state index in [1.54, 1.807) is 19.2 Å². The molecule has 0 radical (unpaired) electrons. The highest BCUT2D eigenvalue weighted by molar-refractivity contribution is 6.30. The summed E-state index contributed by atoms with van der Waals surface area (Å²) in [5.74, 6) is 0.796. The van der Waals surface area contributed by atoms with Crippen molar-refractivity contribution in [1.29, 1.82) is 0 Å². The fraction of sp³-hybridized carbons (Fsp3) is 0.316. The summed E-state index contributed by atoms with van der Waals surface area (Å²) in [5, 5.41) is 5.60. The van der Waals surface area contributed by atoms with Crippen LogP contribution in [0.5, 0.6) is 5.75 Å². The summed E-state index contributed by atoms with van der Waals surface area (Å²) in [5.41, 5.74) is 1.89. The van der Waals surface area contributed by atoms with Crippen molar-refractivity contribution in [3.8, 4) is 5.75 Å². The van der Waals surface area contributed by atoms with Gasteiger partial charge in [0.25, 0.3) is 5.91 Å². The quantitative estimate of drug-likeness (QED) is 0.806. The first-order chi connectivity index (χ1) is 11.5. The molecule has 2 aromatic carbocycles. The van der Waals surface area contributed by atoms with E-state index < -0.39 is 0 Å². The summed E-state index contributed by atoms with van der Waals surface area (Å²) >= 11 is 5.95. The highest BCUT2D eigenvalue weighted by Crippen LogP contribution is 2.18. The fourth-order valence-electron chi connectivity index (χ4n) is 2.59. The molecule has 0 unspecified atom stereocenters. The summed E-state index contributed by atoms with van der Waals surface area (Å²) in [6.07, 6.45) is 0.932. The predicted molar refractivity (Wildman–Crippen MR) is 97.5 cm³/mol. The second-order valence-electron chi connectivity index (χ2n) is 5.77. The van der Waals surface area contributed by atoms with E-state index in [0.717, 1.165) is 12.2 Å². The molecule has 5 heteroatoms. The lowest BCUT2D eigenvalue weighted by molar-refractivity contribution is -0.713. The highest BCUT2D eigenvalue weighted by Gasteiger charge is 2.22. The second-order valence-corrected chi connectivity index (χ2v) is 6.21. The van der Waals surface area contributed by atoms with E-state index in [1.165, 1.54) is 5.56 Å². The van der Waals surface area contributed by atoms with Crippen molar-refractivity contribution < 1.29 is 14.8 Å². The molecule has 0 aromatic heterocycles. The number of quaternary nitrogens is 1. The molecule has 24 heavy (non-hydrogen) atoms. The number of anilines is 1. The minimum absolute atomic E-state index is 0.0378. The van der Waals surface area contributed by atoms with Gasteiger partial charge in [0, 0.05) is 22.7 Å². The fourth-order valence-corrected chi connectivity index (χ4v) is 2.78. The molecule has 0 saturated carbocycles. The molecule has 0 fully saturated rings. The SMILES string of the molecule is CC[C@@H]([NH2+][C@@H](C)C(=O)Nc1cccc(Cl)c1)c1ccc(OC)cc1. The number of carbonyl (C=O) groups is 1. The third-order valence-corrected chi connectivity index (χ3v) is 4.25. The van der Waals surface area contributed by atoms with Gasteiger partial charge in [-0.15, -0.1) is 0 Å². The van der Waals surface area contributed by atoms with Crippen molar-refractivity contribution in [2.45, 2.75) is 32.4 Å². The number of amides is 1. The Kier molecular flexibility index (Phi) is 6.64. The number of halogens is 1. The van der Waals surface area contributed by atoms with Crippen LogP contribution < -0.4 is 15.4 Å². The Hall–Kier alpha value is -2.04. The first-order valence-corrected chi connectivity index (χ1v) is 8.46. The number of rotatable bonds is 7. The van der Waals surface area contributed by atoms with Crippen LogP contribution in [-0.2, 0) is 4.79 Å². The molecule has 0 bridgehead atoms. The number of methoxy groups -OCH3 is 1. The van der Waals surface area contributed by atoms with E-state index >= 15 is 0 Å². The van der Waals surface area contributed by atoms with Gasteiger partial charge in [0.05, 0.1) is 7.11 Å². The van der Waals surface area contributed by atoms with Crippen molar-refractivity contribution in [1.82, 2.24) is 0 Å². The van der Waals surface area contributed by atoms with E-state index in [1.807, 2.05) is 43.3 Å². The summed E-state index contributed by atoms with van der Waals surface area (Å²) in [7, 11) is 1.65. The van der Waals surface area contributed by atoms with Gasteiger partial charge >= 0.3 is 0 Å². The molecule has 2 aromatic rings. The monoisotopic (exact) mass is 347 g/mol. The number of carbonyl (C=O) groups excluding carboxylic acids is 1. The van der Waals surface area contributed by atoms with Crippen molar-refractivity contribution in [2.75, 3.05) is 12.4 Å². The van der Waals surface area contributed by atoms with Crippen LogP contribution in [0.3, 0.4) is 0 Å². The van der Waals surface area contributed by atoms with Crippen molar-refractivity contribution in [2.24, 2.45) is 0 Å². The molecule has 0 aliphatic rings. The van der Waals surface area contributed by atoms with Crippen LogP contribution in [0.2, 0.25) is 5.02 Å². The maximum atomic E-state index is 12.4.